The smallest absolute Gasteiger partial charge is 0.191 e. The summed E-state index contributed by atoms with van der Waals surface area (Å²) in [7, 11) is 3.53. The van der Waals surface area contributed by atoms with Gasteiger partial charge < -0.3 is 15.4 Å². The van der Waals surface area contributed by atoms with Crippen LogP contribution < -0.4 is 15.4 Å². The first-order valence-electron chi connectivity index (χ1n) is 9.56. The first kappa shape index (κ1) is 23.0. The molecule has 0 spiro atoms. The topological polar surface area (TPSA) is 48.9 Å². The van der Waals surface area contributed by atoms with Gasteiger partial charge in [0.2, 0.25) is 0 Å². The Morgan fingerprint density at radius 2 is 2.04 bits per heavy atom. The monoisotopic (exact) mass is 514 g/mol. The highest BCUT2D eigenvalue weighted by Crippen LogP contribution is 2.27. The number of nitrogens with zero attached hydrogens (tertiary/aromatic N) is 2. The molecule has 28 heavy (non-hydrogen) atoms. The van der Waals surface area contributed by atoms with Crippen molar-refractivity contribution in [1.82, 2.24) is 15.5 Å². The van der Waals surface area contributed by atoms with Crippen LogP contribution in [0.5, 0.6) is 5.75 Å². The Balaban J connectivity index is 0.00000280. The van der Waals surface area contributed by atoms with Gasteiger partial charge in [0.15, 0.2) is 5.96 Å². The number of thiophene rings is 1. The highest BCUT2D eigenvalue weighted by atomic mass is 127. The summed E-state index contributed by atoms with van der Waals surface area (Å²) < 4.78 is 5.50. The SMILES string of the molecule is CN=C(NCc1ccc(C)cc1OC)NCC(c1cccs1)N1CCCC1.I. The van der Waals surface area contributed by atoms with Crippen molar-refractivity contribution in [2.24, 2.45) is 4.99 Å². The van der Waals surface area contributed by atoms with E-state index in [1.54, 1.807) is 7.11 Å². The van der Waals surface area contributed by atoms with Gasteiger partial charge in [-0.25, -0.2) is 0 Å². The maximum absolute atomic E-state index is 5.50. The largest absolute Gasteiger partial charge is 0.496 e. The van der Waals surface area contributed by atoms with Gasteiger partial charge in [0, 0.05) is 30.6 Å². The summed E-state index contributed by atoms with van der Waals surface area (Å²) in [5, 5.41) is 9.09. The third kappa shape index (κ3) is 6.09. The van der Waals surface area contributed by atoms with Crippen LogP contribution in [0.15, 0.2) is 40.7 Å². The summed E-state index contributed by atoms with van der Waals surface area (Å²) >= 11 is 1.84. The average Bonchev–Trinajstić information content (AvgIpc) is 3.39. The van der Waals surface area contributed by atoms with Crippen molar-refractivity contribution < 1.29 is 4.74 Å². The Labute approximate surface area is 189 Å². The van der Waals surface area contributed by atoms with Crippen molar-refractivity contribution in [3.05, 3.63) is 51.7 Å². The first-order valence-corrected chi connectivity index (χ1v) is 10.4. The highest BCUT2D eigenvalue weighted by Gasteiger charge is 2.24. The molecule has 0 radical (unpaired) electrons. The van der Waals surface area contributed by atoms with Gasteiger partial charge in [-0.3, -0.25) is 9.89 Å². The van der Waals surface area contributed by atoms with E-state index in [9.17, 15) is 0 Å². The molecule has 5 nitrogen and oxygen atoms in total. The number of methoxy groups -OCH3 is 1. The highest BCUT2D eigenvalue weighted by molar-refractivity contribution is 14.0. The van der Waals surface area contributed by atoms with Crippen molar-refractivity contribution in [2.45, 2.75) is 32.4 Å². The Morgan fingerprint density at radius 3 is 2.68 bits per heavy atom. The molecule has 0 amide bonds. The molecule has 2 N–H and O–H groups in total. The molecule has 1 aromatic heterocycles. The zero-order valence-corrected chi connectivity index (χ0v) is 20.1. The standard InChI is InChI=1S/C21H30N4OS.HI/c1-16-8-9-17(19(13-16)26-3)14-23-21(22-2)24-15-18(20-7-6-12-27-20)25-10-4-5-11-25;/h6-9,12-13,18H,4-5,10-11,14-15H2,1-3H3,(H2,22,23,24);1H. The van der Waals surface area contributed by atoms with Gasteiger partial charge in [-0.05, 0) is 55.9 Å². The number of nitrogens with one attached hydrogen (secondary N) is 2. The zero-order chi connectivity index (χ0) is 19.1. The van der Waals surface area contributed by atoms with E-state index in [1.807, 2.05) is 18.4 Å². The van der Waals surface area contributed by atoms with Crippen LogP contribution >= 0.6 is 35.3 Å². The minimum Gasteiger partial charge on any atom is -0.496 e. The van der Waals surface area contributed by atoms with Crippen LogP contribution in [-0.4, -0.2) is 44.7 Å². The molecule has 1 atom stereocenters. The molecule has 0 aliphatic carbocycles. The fraction of sp³-hybridized carbons (Fsp3) is 0.476. The van der Waals surface area contributed by atoms with Gasteiger partial charge in [-0.15, -0.1) is 35.3 Å². The van der Waals surface area contributed by atoms with Crippen LogP contribution in [0.3, 0.4) is 0 Å². The van der Waals surface area contributed by atoms with E-state index in [1.165, 1.54) is 36.4 Å². The van der Waals surface area contributed by atoms with Crippen molar-refractivity contribution in [2.75, 3.05) is 33.8 Å². The van der Waals surface area contributed by atoms with Gasteiger partial charge >= 0.3 is 0 Å². The lowest BCUT2D eigenvalue weighted by Gasteiger charge is -2.27. The molecule has 1 unspecified atom stereocenters. The van der Waals surface area contributed by atoms with Gasteiger partial charge in [-0.2, -0.15) is 0 Å². The summed E-state index contributed by atoms with van der Waals surface area (Å²) in [6, 6.07) is 11.1. The normalized spacial score (nSPS) is 15.8. The molecule has 2 heterocycles. The van der Waals surface area contributed by atoms with E-state index in [4.69, 9.17) is 4.74 Å². The van der Waals surface area contributed by atoms with E-state index in [0.717, 1.165) is 23.8 Å². The minimum absolute atomic E-state index is 0. The van der Waals surface area contributed by atoms with E-state index >= 15 is 0 Å². The molecule has 1 aliphatic heterocycles. The van der Waals surface area contributed by atoms with Crippen molar-refractivity contribution in [3.8, 4) is 5.75 Å². The second-order valence-corrected chi connectivity index (χ2v) is 7.88. The molecule has 1 aliphatic rings. The quantitative estimate of drug-likeness (QED) is 0.331. The maximum Gasteiger partial charge on any atom is 0.191 e. The lowest BCUT2D eigenvalue weighted by Crippen LogP contribution is -2.42. The lowest BCUT2D eigenvalue weighted by atomic mass is 10.1. The number of ether oxygens (including phenoxy) is 1. The summed E-state index contributed by atoms with van der Waals surface area (Å²) in [5.74, 6) is 1.73. The number of halogens is 1. The second-order valence-electron chi connectivity index (χ2n) is 6.90. The third-order valence-corrected chi connectivity index (χ3v) is 6.00. The molecular formula is C21H31IN4OS. The number of likely N-dealkylation sites (tertiary alicyclic amines) is 1. The molecule has 1 saturated heterocycles. The summed E-state index contributed by atoms with van der Waals surface area (Å²) in [6.07, 6.45) is 2.59. The summed E-state index contributed by atoms with van der Waals surface area (Å²) in [5.41, 5.74) is 2.32. The predicted molar refractivity (Wildman–Crippen MR) is 129 cm³/mol. The van der Waals surface area contributed by atoms with Crippen LogP contribution in [0, 0.1) is 6.92 Å². The fourth-order valence-corrected chi connectivity index (χ4v) is 4.40. The summed E-state index contributed by atoms with van der Waals surface area (Å²) in [4.78, 5) is 8.39. The molecule has 2 aromatic rings. The maximum atomic E-state index is 5.50. The third-order valence-electron chi connectivity index (χ3n) is 5.03. The minimum atomic E-state index is 0. The molecule has 7 heteroatoms. The molecule has 154 valence electrons. The number of guanidine groups is 1. The lowest BCUT2D eigenvalue weighted by molar-refractivity contribution is 0.249. The number of aliphatic imine (C=N–C) groups is 1. The van der Waals surface area contributed by atoms with Crippen LogP contribution in [0.2, 0.25) is 0 Å². The predicted octanol–water partition coefficient (Wildman–Crippen LogP) is 4.19. The zero-order valence-electron chi connectivity index (χ0n) is 16.9. The van der Waals surface area contributed by atoms with E-state index in [0.29, 0.717) is 12.6 Å². The molecule has 0 saturated carbocycles. The number of hydrogen-bond acceptors (Lipinski definition) is 4. The Hall–Kier alpha value is -1.32. The number of rotatable bonds is 7. The van der Waals surface area contributed by atoms with E-state index in [2.05, 4.69) is 63.2 Å². The molecule has 0 bridgehead atoms. The summed E-state index contributed by atoms with van der Waals surface area (Å²) in [6.45, 7) is 5.96. The van der Waals surface area contributed by atoms with Gasteiger partial charge in [0.1, 0.15) is 5.75 Å². The fourth-order valence-electron chi connectivity index (χ4n) is 3.53. The molecule has 3 rings (SSSR count). The van der Waals surface area contributed by atoms with Crippen molar-refractivity contribution in [3.63, 3.8) is 0 Å². The van der Waals surface area contributed by atoms with Gasteiger partial charge in [0.05, 0.1) is 13.2 Å². The van der Waals surface area contributed by atoms with Crippen LogP contribution in [0.1, 0.15) is 34.9 Å². The molecular weight excluding hydrogens is 483 g/mol. The van der Waals surface area contributed by atoms with Crippen LogP contribution in [0.4, 0.5) is 0 Å². The Kier molecular flexibility index (Phi) is 9.53. The average molecular weight is 514 g/mol. The Morgan fingerprint density at radius 1 is 1.25 bits per heavy atom. The van der Waals surface area contributed by atoms with Crippen LogP contribution in [-0.2, 0) is 6.54 Å². The number of hydrogen-bond donors (Lipinski definition) is 2. The molecule has 1 aromatic carbocycles. The Bertz CT molecular complexity index is 745. The number of aryl methyl sites for hydroxylation is 1. The molecule has 1 fully saturated rings. The van der Waals surface area contributed by atoms with Gasteiger partial charge in [0.25, 0.3) is 0 Å². The first-order chi connectivity index (χ1) is 13.2. The second kappa shape index (κ2) is 11.6. The van der Waals surface area contributed by atoms with Crippen molar-refractivity contribution >= 4 is 41.3 Å². The van der Waals surface area contributed by atoms with Gasteiger partial charge in [-0.1, -0.05) is 18.2 Å². The van der Waals surface area contributed by atoms with Crippen LogP contribution in [0.25, 0.3) is 0 Å². The van der Waals surface area contributed by atoms with E-state index in [-0.39, 0.29) is 24.0 Å². The van der Waals surface area contributed by atoms with Crippen molar-refractivity contribution in [1.29, 1.82) is 0 Å². The van der Waals surface area contributed by atoms with E-state index < -0.39 is 0 Å². The number of benzene rings is 1.